The minimum absolute atomic E-state index is 0.0295. The summed E-state index contributed by atoms with van der Waals surface area (Å²) in [5, 5.41) is 10.2. The molecular weight excluding hydrogens is 334 g/mol. The van der Waals surface area contributed by atoms with Crippen molar-refractivity contribution in [2.24, 2.45) is 0 Å². The average Bonchev–Trinajstić information content (AvgIpc) is 3.28. The van der Waals surface area contributed by atoms with E-state index in [0.29, 0.717) is 12.2 Å². The third-order valence-electron chi connectivity index (χ3n) is 4.48. The Morgan fingerprint density at radius 3 is 2.96 bits per heavy atom. The van der Waals surface area contributed by atoms with Gasteiger partial charge in [0.25, 0.3) is 0 Å². The fraction of sp³-hybridized carbons (Fsp3) is 0.111. The first-order valence-corrected chi connectivity index (χ1v) is 8.81. The second-order valence-corrected chi connectivity index (χ2v) is 6.78. The molecule has 3 aromatic heterocycles. The Morgan fingerprint density at radius 1 is 1.12 bits per heavy atom. The Hall–Kier alpha value is -3.06. The first kappa shape index (κ1) is 14.3. The van der Waals surface area contributed by atoms with E-state index in [1.807, 2.05) is 35.8 Å². The van der Waals surface area contributed by atoms with Crippen LogP contribution in [0.4, 0.5) is 5.82 Å². The first-order chi connectivity index (χ1) is 12.3. The first-order valence-electron chi connectivity index (χ1n) is 7.93. The van der Waals surface area contributed by atoms with Crippen LogP contribution in [0.3, 0.4) is 0 Å². The molecule has 1 atom stereocenters. The Morgan fingerprint density at radius 2 is 2.08 bits per heavy atom. The number of aromatic amines is 1. The lowest BCUT2D eigenvalue weighted by molar-refractivity contribution is -0.116. The van der Waals surface area contributed by atoms with Crippen LogP contribution in [0.25, 0.3) is 21.6 Å². The maximum atomic E-state index is 12.2. The fourth-order valence-corrected chi connectivity index (χ4v) is 4.27. The van der Waals surface area contributed by atoms with E-state index in [4.69, 9.17) is 0 Å². The molecule has 1 amide bonds. The summed E-state index contributed by atoms with van der Waals surface area (Å²) in [6, 6.07) is 11.8. The highest BCUT2D eigenvalue weighted by Gasteiger charge is 2.33. The maximum absolute atomic E-state index is 12.2. The quantitative estimate of drug-likeness (QED) is 0.581. The van der Waals surface area contributed by atoms with E-state index in [2.05, 4.69) is 31.5 Å². The van der Waals surface area contributed by atoms with E-state index in [-0.39, 0.29) is 11.8 Å². The molecule has 0 aliphatic carbocycles. The summed E-state index contributed by atoms with van der Waals surface area (Å²) in [6.45, 7) is 0. The molecule has 0 radical (unpaired) electrons. The lowest BCUT2D eigenvalue weighted by atomic mass is 9.85. The second kappa shape index (κ2) is 5.49. The number of rotatable bonds is 2. The van der Waals surface area contributed by atoms with Crippen LogP contribution in [0, 0.1) is 0 Å². The summed E-state index contributed by atoms with van der Waals surface area (Å²) in [7, 11) is 0. The number of nitrogens with zero attached hydrogens (tertiary/aromatic N) is 3. The van der Waals surface area contributed by atoms with Crippen LogP contribution < -0.4 is 5.32 Å². The van der Waals surface area contributed by atoms with Gasteiger partial charge in [-0.05, 0) is 23.8 Å². The van der Waals surface area contributed by atoms with Crippen molar-refractivity contribution in [2.45, 2.75) is 12.3 Å². The number of carbonyl (C=O) groups excluding carboxylic acids is 1. The van der Waals surface area contributed by atoms with Crippen molar-refractivity contribution in [3.05, 3.63) is 59.2 Å². The molecule has 1 aliphatic rings. The summed E-state index contributed by atoms with van der Waals surface area (Å²) >= 11 is 1.60. The van der Waals surface area contributed by atoms with Gasteiger partial charge in [-0.1, -0.05) is 18.2 Å². The molecule has 1 aromatic carbocycles. The molecule has 0 saturated carbocycles. The van der Waals surface area contributed by atoms with Gasteiger partial charge in [0.1, 0.15) is 0 Å². The number of carbonyl (C=O) groups is 1. The largest absolute Gasteiger partial charge is 0.309 e. The third-order valence-corrected chi connectivity index (χ3v) is 5.37. The number of benzene rings is 1. The number of aromatic nitrogens is 4. The Labute approximate surface area is 147 Å². The minimum Gasteiger partial charge on any atom is -0.309 e. The van der Waals surface area contributed by atoms with Gasteiger partial charge >= 0.3 is 0 Å². The number of hydrogen-bond acceptors (Lipinski definition) is 5. The molecule has 4 heterocycles. The molecule has 5 rings (SSSR count). The van der Waals surface area contributed by atoms with Crippen molar-refractivity contribution in [3.63, 3.8) is 0 Å². The van der Waals surface area contributed by atoms with Gasteiger partial charge in [0.05, 0.1) is 27.1 Å². The van der Waals surface area contributed by atoms with Gasteiger partial charge < -0.3 is 5.32 Å². The van der Waals surface area contributed by atoms with Crippen LogP contribution in [-0.2, 0) is 4.79 Å². The number of pyridine rings is 1. The van der Waals surface area contributed by atoms with Crippen molar-refractivity contribution >= 4 is 33.3 Å². The van der Waals surface area contributed by atoms with Gasteiger partial charge in [0.15, 0.2) is 5.82 Å². The van der Waals surface area contributed by atoms with Crippen LogP contribution in [0.5, 0.6) is 0 Å². The van der Waals surface area contributed by atoms with Gasteiger partial charge in [-0.2, -0.15) is 5.10 Å². The SMILES string of the molecule is O=C1CC(c2cccc3ncsc23)c2c(n[nH]c2-c2ccccn2)N1. The summed E-state index contributed by atoms with van der Waals surface area (Å²) in [5.41, 5.74) is 6.55. The van der Waals surface area contributed by atoms with Crippen LogP contribution in [0.1, 0.15) is 23.5 Å². The summed E-state index contributed by atoms with van der Waals surface area (Å²) in [5.74, 6) is 0.477. The minimum atomic E-state index is -0.0799. The van der Waals surface area contributed by atoms with Crippen molar-refractivity contribution < 1.29 is 4.79 Å². The van der Waals surface area contributed by atoms with Gasteiger partial charge in [-0.15, -0.1) is 11.3 Å². The van der Waals surface area contributed by atoms with E-state index < -0.39 is 0 Å². The Kier molecular flexibility index (Phi) is 3.14. The smallest absolute Gasteiger partial charge is 0.226 e. The van der Waals surface area contributed by atoms with Gasteiger partial charge in [-0.25, -0.2) is 4.98 Å². The average molecular weight is 347 g/mol. The van der Waals surface area contributed by atoms with Gasteiger partial charge in [0, 0.05) is 24.1 Å². The molecular formula is C18H13N5OS. The Balaban J connectivity index is 1.74. The molecule has 4 aromatic rings. The van der Waals surface area contributed by atoms with Crippen LogP contribution in [-0.4, -0.2) is 26.1 Å². The number of nitrogens with one attached hydrogen (secondary N) is 2. The van der Waals surface area contributed by atoms with E-state index >= 15 is 0 Å². The topological polar surface area (TPSA) is 83.6 Å². The number of hydrogen-bond donors (Lipinski definition) is 2. The lowest BCUT2D eigenvalue weighted by Gasteiger charge is -2.23. The van der Waals surface area contributed by atoms with E-state index in [0.717, 1.165) is 32.7 Å². The molecule has 122 valence electrons. The molecule has 0 fully saturated rings. The molecule has 7 heteroatoms. The summed E-state index contributed by atoms with van der Waals surface area (Å²) in [4.78, 5) is 21.1. The molecule has 1 aliphatic heterocycles. The molecule has 25 heavy (non-hydrogen) atoms. The van der Waals surface area contributed by atoms with Crippen molar-refractivity contribution in [1.29, 1.82) is 0 Å². The molecule has 2 N–H and O–H groups in total. The Bertz CT molecular complexity index is 1090. The lowest BCUT2D eigenvalue weighted by Crippen LogP contribution is -2.23. The monoisotopic (exact) mass is 347 g/mol. The summed E-state index contributed by atoms with van der Waals surface area (Å²) < 4.78 is 1.11. The van der Waals surface area contributed by atoms with Crippen molar-refractivity contribution in [1.82, 2.24) is 20.2 Å². The number of fused-ring (bicyclic) bond motifs is 2. The normalized spacial score (nSPS) is 16.6. The standard InChI is InChI=1S/C18H13N5OS/c24-14-8-11(10-4-3-6-13-17(10)25-9-20-13)15-16(22-23-18(15)21-14)12-5-1-2-7-19-12/h1-7,9,11H,8H2,(H2,21,22,23,24). The zero-order valence-corrected chi connectivity index (χ0v) is 13.9. The zero-order chi connectivity index (χ0) is 16.8. The molecule has 6 nitrogen and oxygen atoms in total. The maximum Gasteiger partial charge on any atom is 0.226 e. The highest BCUT2D eigenvalue weighted by molar-refractivity contribution is 7.17. The highest BCUT2D eigenvalue weighted by atomic mass is 32.1. The van der Waals surface area contributed by atoms with E-state index in [9.17, 15) is 4.79 Å². The predicted octanol–water partition coefficient (Wildman–Crippen LogP) is 3.56. The van der Waals surface area contributed by atoms with Crippen LogP contribution >= 0.6 is 11.3 Å². The number of H-pyrrole nitrogens is 1. The predicted molar refractivity (Wildman–Crippen MR) is 96.5 cm³/mol. The number of anilines is 1. The third kappa shape index (κ3) is 2.24. The number of thiazole rings is 1. The van der Waals surface area contributed by atoms with Crippen molar-refractivity contribution in [2.75, 3.05) is 5.32 Å². The molecule has 0 spiro atoms. The van der Waals surface area contributed by atoms with E-state index in [1.54, 1.807) is 17.5 Å². The van der Waals surface area contributed by atoms with E-state index in [1.165, 1.54) is 0 Å². The summed E-state index contributed by atoms with van der Waals surface area (Å²) in [6.07, 6.45) is 2.13. The molecule has 1 unspecified atom stereocenters. The molecule has 0 saturated heterocycles. The second-order valence-electron chi connectivity index (χ2n) is 5.93. The zero-order valence-electron chi connectivity index (χ0n) is 13.1. The van der Waals surface area contributed by atoms with Gasteiger partial charge in [-0.3, -0.25) is 14.9 Å². The van der Waals surface area contributed by atoms with Crippen LogP contribution in [0.2, 0.25) is 0 Å². The fourth-order valence-electron chi connectivity index (χ4n) is 3.41. The molecule has 0 bridgehead atoms. The highest BCUT2D eigenvalue weighted by Crippen LogP contribution is 2.43. The van der Waals surface area contributed by atoms with Crippen molar-refractivity contribution in [3.8, 4) is 11.4 Å². The van der Waals surface area contributed by atoms with Crippen LogP contribution in [0.15, 0.2) is 48.1 Å². The number of amides is 1. The van der Waals surface area contributed by atoms with Gasteiger partial charge in [0.2, 0.25) is 5.91 Å².